The fourth-order valence-corrected chi connectivity index (χ4v) is 2.22. The van der Waals surface area contributed by atoms with Crippen molar-refractivity contribution in [2.75, 3.05) is 0 Å². The number of halogens is 4. The standard InChI is InChI=1S/C13H18F4N2/c1-3-8(4-2)12(19-18)9-5-6-11(14)10(7-9)13(15,16)17/h5-8,12,19H,3-4,18H2,1-2H3. The van der Waals surface area contributed by atoms with Gasteiger partial charge in [0, 0.05) is 6.04 Å². The van der Waals surface area contributed by atoms with Gasteiger partial charge in [-0.25, -0.2) is 4.39 Å². The van der Waals surface area contributed by atoms with E-state index in [9.17, 15) is 17.6 Å². The molecule has 0 aromatic heterocycles. The number of hydrogen-bond donors (Lipinski definition) is 2. The lowest BCUT2D eigenvalue weighted by Crippen LogP contribution is -2.33. The van der Waals surface area contributed by atoms with Gasteiger partial charge in [0.2, 0.25) is 0 Å². The van der Waals surface area contributed by atoms with Crippen molar-refractivity contribution in [1.82, 2.24) is 5.43 Å². The van der Waals surface area contributed by atoms with Gasteiger partial charge in [0.25, 0.3) is 0 Å². The largest absolute Gasteiger partial charge is 0.419 e. The molecule has 19 heavy (non-hydrogen) atoms. The van der Waals surface area contributed by atoms with E-state index >= 15 is 0 Å². The van der Waals surface area contributed by atoms with Gasteiger partial charge < -0.3 is 0 Å². The SMILES string of the molecule is CCC(CC)C(NN)c1ccc(F)c(C(F)(F)F)c1. The second-order valence-corrected chi connectivity index (χ2v) is 4.46. The summed E-state index contributed by atoms with van der Waals surface area (Å²) in [5, 5.41) is 0. The van der Waals surface area contributed by atoms with E-state index in [4.69, 9.17) is 5.84 Å². The minimum absolute atomic E-state index is 0.0940. The van der Waals surface area contributed by atoms with E-state index in [0.717, 1.165) is 25.0 Å². The van der Waals surface area contributed by atoms with Gasteiger partial charge in [-0.1, -0.05) is 32.8 Å². The molecule has 1 aromatic rings. The summed E-state index contributed by atoms with van der Waals surface area (Å²) in [4.78, 5) is 0. The maximum absolute atomic E-state index is 13.2. The molecule has 0 heterocycles. The molecule has 0 spiro atoms. The molecule has 0 fully saturated rings. The molecular formula is C13H18F4N2. The maximum atomic E-state index is 13.2. The number of alkyl halides is 3. The van der Waals surface area contributed by atoms with Crippen molar-refractivity contribution in [2.45, 2.75) is 38.9 Å². The van der Waals surface area contributed by atoms with Crippen LogP contribution in [0.4, 0.5) is 17.6 Å². The molecule has 1 aromatic carbocycles. The Morgan fingerprint density at radius 3 is 2.21 bits per heavy atom. The molecule has 0 aliphatic carbocycles. The fraction of sp³-hybridized carbons (Fsp3) is 0.538. The third kappa shape index (κ3) is 3.67. The van der Waals surface area contributed by atoms with Crippen molar-refractivity contribution >= 4 is 0 Å². The van der Waals surface area contributed by atoms with Crippen LogP contribution in [0.2, 0.25) is 0 Å². The number of nitrogens with two attached hydrogens (primary N) is 1. The highest BCUT2D eigenvalue weighted by molar-refractivity contribution is 5.29. The van der Waals surface area contributed by atoms with Crippen molar-refractivity contribution in [1.29, 1.82) is 0 Å². The van der Waals surface area contributed by atoms with Crippen LogP contribution in [0.15, 0.2) is 18.2 Å². The zero-order valence-corrected chi connectivity index (χ0v) is 10.9. The monoisotopic (exact) mass is 278 g/mol. The zero-order chi connectivity index (χ0) is 14.6. The molecule has 1 atom stereocenters. The van der Waals surface area contributed by atoms with Gasteiger partial charge in [0.1, 0.15) is 5.82 Å². The molecule has 0 aliphatic rings. The lowest BCUT2D eigenvalue weighted by molar-refractivity contribution is -0.140. The number of benzene rings is 1. The van der Waals surface area contributed by atoms with Crippen LogP contribution in [0.3, 0.4) is 0 Å². The average molecular weight is 278 g/mol. The van der Waals surface area contributed by atoms with Gasteiger partial charge in [0.15, 0.2) is 0 Å². The highest BCUT2D eigenvalue weighted by Crippen LogP contribution is 2.35. The Kier molecular flexibility index (Phi) is 5.31. The highest BCUT2D eigenvalue weighted by atomic mass is 19.4. The first-order valence-electron chi connectivity index (χ1n) is 6.17. The van der Waals surface area contributed by atoms with E-state index in [1.165, 1.54) is 6.07 Å². The van der Waals surface area contributed by atoms with E-state index in [-0.39, 0.29) is 5.92 Å². The Bertz CT molecular complexity index is 414. The van der Waals surface area contributed by atoms with Crippen molar-refractivity contribution in [3.05, 3.63) is 35.1 Å². The predicted molar refractivity (Wildman–Crippen MR) is 65.5 cm³/mol. The summed E-state index contributed by atoms with van der Waals surface area (Å²) in [6.07, 6.45) is -3.17. The maximum Gasteiger partial charge on any atom is 0.419 e. The lowest BCUT2D eigenvalue weighted by Gasteiger charge is -2.25. The van der Waals surface area contributed by atoms with E-state index in [1.54, 1.807) is 0 Å². The first-order valence-corrected chi connectivity index (χ1v) is 6.17. The highest BCUT2D eigenvalue weighted by Gasteiger charge is 2.35. The average Bonchev–Trinajstić information content (AvgIpc) is 2.35. The summed E-state index contributed by atoms with van der Waals surface area (Å²) in [6.45, 7) is 3.87. The molecule has 1 rings (SSSR count). The first-order chi connectivity index (χ1) is 8.85. The second kappa shape index (κ2) is 6.34. The summed E-state index contributed by atoms with van der Waals surface area (Å²) in [5.74, 6) is 4.26. The predicted octanol–water partition coefficient (Wildman–Crippen LogP) is 3.79. The quantitative estimate of drug-likeness (QED) is 0.488. The number of rotatable bonds is 5. The van der Waals surface area contributed by atoms with Crippen LogP contribution in [-0.2, 0) is 6.18 Å². The normalized spacial score (nSPS) is 13.9. The van der Waals surface area contributed by atoms with Crippen LogP contribution in [0.1, 0.15) is 43.9 Å². The minimum Gasteiger partial charge on any atom is -0.271 e. The van der Waals surface area contributed by atoms with E-state index in [1.807, 2.05) is 13.8 Å². The Morgan fingerprint density at radius 1 is 1.21 bits per heavy atom. The third-order valence-electron chi connectivity index (χ3n) is 3.35. The molecule has 1 unspecified atom stereocenters. The summed E-state index contributed by atoms with van der Waals surface area (Å²) in [6, 6.07) is 2.59. The van der Waals surface area contributed by atoms with Gasteiger partial charge in [-0.05, 0) is 23.6 Å². The Hall–Kier alpha value is -1.14. The lowest BCUT2D eigenvalue weighted by atomic mass is 9.88. The van der Waals surface area contributed by atoms with E-state index in [0.29, 0.717) is 5.56 Å². The Morgan fingerprint density at radius 2 is 1.79 bits per heavy atom. The van der Waals surface area contributed by atoms with Crippen LogP contribution < -0.4 is 11.3 Å². The summed E-state index contributed by atoms with van der Waals surface area (Å²) in [5.41, 5.74) is 1.63. The van der Waals surface area contributed by atoms with Crippen LogP contribution in [0, 0.1) is 11.7 Å². The molecule has 0 saturated heterocycles. The number of nitrogens with one attached hydrogen (secondary N) is 1. The molecule has 2 nitrogen and oxygen atoms in total. The van der Waals surface area contributed by atoms with E-state index < -0.39 is 23.6 Å². The summed E-state index contributed by atoms with van der Waals surface area (Å²) >= 11 is 0. The molecule has 0 bridgehead atoms. The fourth-order valence-electron chi connectivity index (χ4n) is 2.22. The zero-order valence-electron chi connectivity index (χ0n) is 10.9. The summed E-state index contributed by atoms with van der Waals surface area (Å²) < 4.78 is 51.2. The molecular weight excluding hydrogens is 260 g/mol. The van der Waals surface area contributed by atoms with Crippen molar-refractivity contribution in [2.24, 2.45) is 11.8 Å². The smallest absolute Gasteiger partial charge is 0.271 e. The van der Waals surface area contributed by atoms with Crippen molar-refractivity contribution in [3.63, 3.8) is 0 Å². The molecule has 0 aliphatic heterocycles. The second-order valence-electron chi connectivity index (χ2n) is 4.46. The molecule has 3 N–H and O–H groups in total. The third-order valence-corrected chi connectivity index (χ3v) is 3.35. The van der Waals surface area contributed by atoms with Gasteiger partial charge >= 0.3 is 6.18 Å². The van der Waals surface area contributed by atoms with Crippen LogP contribution in [0.5, 0.6) is 0 Å². The Balaban J connectivity index is 3.19. The molecule has 0 radical (unpaired) electrons. The van der Waals surface area contributed by atoms with Crippen LogP contribution in [-0.4, -0.2) is 0 Å². The van der Waals surface area contributed by atoms with Crippen molar-refractivity contribution < 1.29 is 17.6 Å². The van der Waals surface area contributed by atoms with Gasteiger partial charge in [-0.15, -0.1) is 0 Å². The van der Waals surface area contributed by atoms with Gasteiger partial charge in [-0.3, -0.25) is 11.3 Å². The first kappa shape index (κ1) is 15.9. The van der Waals surface area contributed by atoms with Crippen LogP contribution in [0.25, 0.3) is 0 Å². The minimum atomic E-state index is -4.70. The molecule has 0 saturated carbocycles. The van der Waals surface area contributed by atoms with Gasteiger partial charge in [-0.2, -0.15) is 13.2 Å². The summed E-state index contributed by atoms with van der Waals surface area (Å²) in [7, 11) is 0. The topological polar surface area (TPSA) is 38.0 Å². The van der Waals surface area contributed by atoms with Crippen molar-refractivity contribution in [3.8, 4) is 0 Å². The van der Waals surface area contributed by atoms with Crippen LogP contribution >= 0.6 is 0 Å². The number of hydrogen-bond acceptors (Lipinski definition) is 2. The molecule has 0 amide bonds. The van der Waals surface area contributed by atoms with Gasteiger partial charge in [0.05, 0.1) is 5.56 Å². The number of hydrazine groups is 1. The van der Waals surface area contributed by atoms with E-state index in [2.05, 4.69) is 5.43 Å². The molecule has 6 heteroatoms. The molecule has 108 valence electrons. The Labute approximate surface area is 110 Å².